The van der Waals surface area contributed by atoms with Crippen LogP contribution in [0.2, 0.25) is 10.0 Å². The summed E-state index contributed by atoms with van der Waals surface area (Å²) in [6.45, 7) is 1.67. The lowest BCUT2D eigenvalue weighted by Gasteiger charge is -2.27. The molecule has 56 heavy (non-hydrogen) atoms. The number of nitrogens with zero attached hydrogens (tertiary/aromatic N) is 5. The van der Waals surface area contributed by atoms with Gasteiger partial charge in [0.25, 0.3) is 11.8 Å². The number of aliphatic hydroxyl groups is 1. The lowest BCUT2D eigenvalue weighted by atomic mass is 9.91. The molecule has 3 aromatic carbocycles. The van der Waals surface area contributed by atoms with Crippen molar-refractivity contribution < 1.29 is 23.9 Å². The predicted octanol–water partition coefficient (Wildman–Crippen LogP) is 6.95. The number of halogens is 3. The fraction of sp³-hybridized carbons (Fsp3) is 0.286. The molecule has 11 nitrogen and oxygen atoms in total. The molecule has 2 aromatic heterocycles. The number of benzene rings is 3. The van der Waals surface area contributed by atoms with Gasteiger partial charge in [0, 0.05) is 18.2 Å². The summed E-state index contributed by atoms with van der Waals surface area (Å²) in [6.07, 6.45) is 7.01. The first-order valence-corrected chi connectivity index (χ1v) is 19.1. The van der Waals surface area contributed by atoms with Gasteiger partial charge in [-0.3, -0.25) is 23.9 Å². The van der Waals surface area contributed by atoms with E-state index in [9.17, 15) is 29.1 Å². The quantitative estimate of drug-likeness (QED) is 0.130. The molecule has 3 N–H and O–H groups in total. The van der Waals surface area contributed by atoms with Crippen molar-refractivity contribution >= 4 is 52.6 Å². The Morgan fingerprint density at radius 2 is 1.55 bits per heavy atom. The van der Waals surface area contributed by atoms with Gasteiger partial charge in [0.2, 0.25) is 11.9 Å². The Morgan fingerprint density at radius 3 is 2.12 bits per heavy atom. The molecule has 0 unspecified atom stereocenters. The smallest absolute Gasteiger partial charge is 0.270 e. The summed E-state index contributed by atoms with van der Waals surface area (Å²) in [5, 5.41) is 25.3. The molecular weight excluding hydrogens is 756 g/mol. The third-order valence-corrected chi connectivity index (χ3v) is 12.1. The minimum atomic E-state index is -1.42. The molecule has 0 bridgehead atoms. The van der Waals surface area contributed by atoms with Crippen molar-refractivity contribution in [3.05, 3.63) is 129 Å². The summed E-state index contributed by atoms with van der Waals surface area (Å²) < 4.78 is 16.0. The molecule has 0 spiro atoms. The van der Waals surface area contributed by atoms with Crippen molar-refractivity contribution in [1.29, 1.82) is 5.26 Å². The Morgan fingerprint density at radius 1 is 0.893 bits per heavy atom. The lowest BCUT2D eigenvalue weighted by Crippen LogP contribution is -2.52. The van der Waals surface area contributed by atoms with E-state index in [0.29, 0.717) is 36.8 Å². The molecule has 3 amide bonds. The zero-order valence-corrected chi connectivity index (χ0v) is 31.6. The molecule has 5 aromatic rings. The second kappa shape index (κ2) is 12.7. The number of carbonyl (C=O) groups is 3. The highest BCUT2D eigenvalue weighted by Gasteiger charge is 2.57. The van der Waals surface area contributed by atoms with Crippen LogP contribution in [0.25, 0.3) is 11.1 Å². The van der Waals surface area contributed by atoms with Crippen molar-refractivity contribution in [2.75, 3.05) is 4.90 Å². The SMILES string of the molecule is C[C@@]1(Cc2ccc(C#N)cc2)C(=O)N(c2cc(Cl)c(F)c(Cl)c2)c2ncc(C(=O)NC3(C(=O)NC4(c5ccc(-c6ccc(C7(O)CC7)cc6)cn5)CC4)CC3)n21. The Bertz CT molecular complexity index is 2480. The summed E-state index contributed by atoms with van der Waals surface area (Å²) in [5.74, 6) is -2.14. The van der Waals surface area contributed by atoms with E-state index in [2.05, 4.69) is 21.7 Å². The molecule has 0 radical (unpaired) electrons. The Balaban J connectivity index is 0.964. The third-order valence-electron chi connectivity index (χ3n) is 11.6. The Labute approximate surface area is 331 Å². The fourth-order valence-corrected chi connectivity index (χ4v) is 8.15. The van der Waals surface area contributed by atoms with Crippen LogP contribution in [-0.2, 0) is 32.7 Å². The topological polar surface area (TPSA) is 153 Å². The maximum atomic E-state index is 14.5. The van der Waals surface area contributed by atoms with Gasteiger partial charge in [-0.1, -0.05) is 65.7 Å². The van der Waals surface area contributed by atoms with Gasteiger partial charge in [0.1, 0.15) is 16.8 Å². The molecule has 4 aliphatic rings. The van der Waals surface area contributed by atoms with Crippen molar-refractivity contribution in [3.8, 4) is 17.2 Å². The third kappa shape index (κ3) is 5.93. The van der Waals surface area contributed by atoms with Gasteiger partial charge in [-0.05, 0) is 92.5 Å². The van der Waals surface area contributed by atoms with Crippen LogP contribution < -0.4 is 15.5 Å². The number of rotatable bonds is 10. The van der Waals surface area contributed by atoms with Gasteiger partial charge in [-0.2, -0.15) is 5.26 Å². The first-order chi connectivity index (χ1) is 26.8. The molecule has 282 valence electrons. The highest BCUT2D eigenvalue weighted by atomic mass is 35.5. The minimum Gasteiger partial charge on any atom is -0.385 e. The Kier molecular flexibility index (Phi) is 8.18. The van der Waals surface area contributed by atoms with Crippen molar-refractivity contribution in [3.63, 3.8) is 0 Å². The lowest BCUT2D eigenvalue weighted by molar-refractivity contribution is -0.125. The average molecular weight is 791 g/mol. The van der Waals surface area contributed by atoms with Crippen LogP contribution in [-0.4, -0.2) is 42.9 Å². The zero-order chi connectivity index (χ0) is 39.2. The van der Waals surface area contributed by atoms with Gasteiger partial charge >= 0.3 is 0 Å². The van der Waals surface area contributed by atoms with E-state index in [1.165, 1.54) is 27.8 Å². The van der Waals surface area contributed by atoms with Crippen molar-refractivity contribution in [2.45, 2.75) is 74.1 Å². The number of anilines is 2. The van der Waals surface area contributed by atoms with Crippen LogP contribution in [0, 0.1) is 17.1 Å². The number of pyridine rings is 1. The van der Waals surface area contributed by atoms with E-state index in [0.717, 1.165) is 35.2 Å². The van der Waals surface area contributed by atoms with E-state index in [4.69, 9.17) is 28.2 Å². The van der Waals surface area contributed by atoms with E-state index in [1.807, 2.05) is 36.4 Å². The maximum absolute atomic E-state index is 14.5. The number of hydrogen-bond donors (Lipinski definition) is 3. The van der Waals surface area contributed by atoms with Crippen LogP contribution in [0.15, 0.2) is 85.2 Å². The summed E-state index contributed by atoms with van der Waals surface area (Å²) in [7, 11) is 0. The molecule has 3 aliphatic carbocycles. The monoisotopic (exact) mass is 789 g/mol. The van der Waals surface area contributed by atoms with E-state index < -0.39 is 39.8 Å². The van der Waals surface area contributed by atoms with Crippen LogP contribution in [0.1, 0.15) is 78.3 Å². The zero-order valence-electron chi connectivity index (χ0n) is 30.1. The minimum absolute atomic E-state index is 0.0445. The summed E-state index contributed by atoms with van der Waals surface area (Å²) in [6, 6.07) is 23.1. The van der Waals surface area contributed by atoms with Crippen molar-refractivity contribution in [1.82, 2.24) is 25.2 Å². The molecule has 1 atom stereocenters. The van der Waals surface area contributed by atoms with Crippen LogP contribution >= 0.6 is 23.2 Å². The van der Waals surface area contributed by atoms with E-state index >= 15 is 0 Å². The van der Waals surface area contributed by atoms with Crippen molar-refractivity contribution in [2.24, 2.45) is 0 Å². The predicted molar refractivity (Wildman–Crippen MR) is 206 cm³/mol. The highest BCUT2D eigenvalue weighted by molar-refractivity contribution is 6.35. The normalized spacial score (nSPS) is 20.5. The fourth-order valence-electron chi connectivity index (χ4n) is 7.68. The van der Waals surface area contributed by atoms with Crippen LogP contribution in [0.4, 0.5) is 16.0 Å². The average Bonchev–Trinajstić information content (AvgIpc) is 4.16. The van der Waals surface area contributed by atoms with E-state index in [1.54, 1.807) is 37.4 Å². The van der Waals surface area contributed by atoms with Gasteiger partial charge in [0.15, 0.2) is 5.82 Å². The number of carbonyl (C=O) groups excluding carboxylic acids is 3. The largest absolute Gasteiger partial charge is 0.385 e. The Hall–Kier alpha value is -5.61. The number of hydrogen-bond acceptors (Lipinski definition) is 7. The summed E-state index contributed by atoms with van der Waals surface area (Å²) >= 11 is 12.3. The van der Waals surface area contributed by atoms with Gasteiger partial charge in [-0.15, -0.1) is 0 Å². The van der Waals surface area contributed by atoms with Gasteiger partial charge < -0.3 is 15.7 Å². The van der Waals surface area contributed by atoms with Gasteiger partial charge in [0.05, 0.1) is 50.4 Å². The summed E-state index contributed by atoms with van der Waals surface area (Å²) in [4.78, 5) is 53.1. The van der Waals surface area contributed by atoms with Gasteiger partial charge in [-0.25, -0.2) is 14.3 Å². The highest BCUT2D eigenvalue weighted by Crippen LogP contribution is 2.49. The number of amides is 3. The molecule has 1 aliphatic heterocycles. The molecule has 0 saturated heterocycles. The molecule has 9 rings (SSSR count). The molecule has 3 fully saturated rings. The number of fused-ring (bicyclic) bond motifs is 1. The number of aromatic nitrogens is 3. The second-order valence-corrected chi connectivity index (χ2v) is 16.3. The maximum Gasteiger partial charge on any atom is 0.270 e. The molecule has 3 heterocycles. The second-order valence-electron chi connectivity index (χ2n) is 15.5. The number of nitriles is 1. The standard InChI is InChI=1S/C42H34Cl2FN7O4/c1-39(20-24-2-4-25(21-46)5-3-24)37(55)51(29-18-30(43)34(45)31(44)19-29)38-48-23-32(52(38)39)35(53)49-41(14-15-41)36(54)50-40(12-13-40)33-11-8-27(22-47-33)26-6-9-28(10-7-26)42(56)16-17-42/h2-11,18-19,22-23,56H,12-17,20H2,1H3,(H,49,53)(H,50,54)/t39-/m1/s1. The summed E-state index contributed by atoms with van der Waals surface area (Å²) in [5.41, 5.74) is 0.949. The first kappa shape index (κ1) is 36.1. The molecule has 3 saturated carbocycles. The van der Waals surface area contributed by atoms with E-state index in [-0.39, 0.29) is 39.7 Å². The number of imidazole rings is 1. The molecular formula is C42H34Cl2FN7O4. The van der Waals surface area contributed by atoms with Crippen LogP contribution in [0.5, 0.6) is 0 Å². The number of nitrogens with one attached hydrogen (secondary N) is 2. The first-order valence-electron chi connectivity index (χ1n) is 18.3. The van der Waals surface area contributed by atoms with Crippen LogP contribution in [0.3, 0.4) is 0 Å². The molecule has 14 heteroatoms.